The van der Waals surface area contributed by atoms with Crippen molar-refractivity contribution in [1.82, 2.24) is 10.2 Å². The molecule has 2 rings (SSSR count). The van der Waals surface area contributed by atoms with Crippen molar-refractivity contribution < 1.29 is 9.53 Å². The molecule has 1 aromatic rings. The summed E-state index contributed by atoms with van der Waals surface area (Å²) in [6.07, 6.45) is 1.08. The summed E-state index contributed by atoms with van der Waals surface area (Å²) >= 11 is 0. The van der Waals surface area contributed by atoms with Crippen LogP contribution in [0.15, 0.2) is 24.3 Å². The Hall–Kier alpha value is -1.26. The normalized spacial score (nSPS) is 17.7. The average molecular weight is 341 g/mol. The van der Waals surface area contributed by atoms with Gasteiger partial charge < -0.3 is 15.0 Å². The van der Waals surface area contributed by atoms with E-state index in [1.165, 1.54) is 5.56 Å². The second-order valence-corrected chi connectivity index (χ2v) is 7.12. The molecule has 1 heterocycles. The topological polar surface area (TPSA) is 41.6 Å². The Balaban J connectivity index is 0.00000264. The number of rotatable bonds is 5. The highest BCUT2D eigenvalue weighted by atomic mass is 35.5. The van der Waals surface area contributed by atoms with Crippen molar-refractivity contribution >= 4 is 18.3 Å². The van der Waals surface area contributed by atoms with Crippen molar-refractivity contribution in [2.24, 2.45) is 5.92 Å². The molecule has 0 radical (unpaired) electrons. The van der Waals surface area contributed by atoms with Gasteiger partial charge in [0, 0.05) is 13.1 Å². The van der Waals surface area contributed by atoms with Gasteiger partial charge in [0.1, 0.15) is 5.75 Å². The number of likely N-dealkylation sites (tertiary alicyclic amines) is 1. The second kappa shape index (κ2) is 8.55. The van der Waals surface area contributed by atoms with E-state index < -0.39 is 0 Å². The maximum Gasteiger partial charge on any atom is 0.260 e. The summed E-state index contributed by atoms with van der Waals surface area (Å²) in [6, 6.07) is 8.03. The molecular weight excluding hydrogens is 312 g/mol. The van der Waals surface area contributed by atoms with Gasteiger partial charge in [-0.05, 0) is 49.0 Å². The Kier molecular flexibility index (Phi) is 7.36. The van der Waals surface area contributed by atoms with Crippen LogP contribution in [0.25, 0.3) is 0 Å². The Morgan fingerprint density at radius 1 is 1.30 bits per heavy atom. The fraction of sp³-hybridized carbons (Fsp3) is 0.611. The summed E-state index contributed by atoms with van der Waals surface area (Å²) in [5.74, 6) is 1.41. The van der Waals surface area contributed by atoms with Crippen LogP contribution in [0.1, 0.15) is 32.8 Å². The van der Waals surface area contributed by atoms with Crippen molar-refractivity contribution in [1.29, 1.82) is 0 Å². The van der Waals surface area contributed by atoms with Gasteiger partial charge in [-0.25, -0.2) is 0 Å². The second-order valence-electron chi connectivity index (χ2n) is 7.12. The first-order valence-corrected chi connectivity index (χ1v) is 8.06. The van der Waals surface area contributed by atoms with Gasteiger partial charge >= 0.3 is 0 Å². The van der Waals surface area contributed by atoms with Crippen molar-refractivity contribution in [3.8, 4) is 5.75 Å². The van der Waals surface area contributed by atoms with Crippen molar-refractivity contribution in [3.05, 3.63) is 29.8 Å². The Morgan fingerprint density at radius 2 is 1.96 bits per heavy atom. The summed E-state index contributed by atoms with van der Waals surface area (Å²) in [5, 5.41) is 3.18. The van der Waals surface area contributed by atoms with Gasteiger partial charge in [-0.1, -0.05) is 32.9 Å². The van der Waals surface area contributed by atoms with E-state index in [-0.39, 0.29) is 30.3 Å². The van der Waals surface area contributed by atoms with Gasteiger partial charge in [0.25, 0.3) is 5.91 Å². The molecule has 4 nitrogen and oxygen atoms in total. The van der Waals surface area contributed by atoms with Crippen LogP contribution >= 0.6 is 12.4 Å². The lowest BCUT2D eigenvalue weighted by molar-refractivity contribution is -0.132. The van der Waals surface area contributed by atoms with E-state index >= 15 is 0 Å². The quantitative estimate of drug-likeness (QED) is 0.896. The molecule has 1 aromatic carbocycles. The number of amides is 1. The van der Waals surface area contributed by atoms with Crippen LogP contribution in [0, 0.1) is 5.92 Å². The first-order valence-electron chi connectivity index (χ1n) is 8.06. The summed E-state index contributed by atoms with van der Waals surface area (Å²) in [6.45, 7) is 9.33. The molecule has 1 aliphatic rings. The number of nitrogens with one attached hydrogen (secondary N) is 1. The maximum absolute atomic E-state index is 12.2. The summed E-state index contributed by atoms with van der Waals surface area (Å²) in [4.78, 5) is 14.1. The average Bonchev–Trinajstić information content (AvgIpc) is 2.93. The van der Waals surface area contributed by atoms with Crippen LogP contribution in [0.2, 0.25) is 0 Å². The predicted octanol–water partition coefficient (Wildman–Crippen LogP) is 2.85. The van der Waals surface area contributed by atoms with Crippen LogP contribution in [0.4, 0.5) is 0 Å². The molecule has 1 atom stereocenters. The lowest BCUT2D eigenvalue weighted by atomic mass is 9.87. The van der Waals surface area contributed by atoms with Crippen LogP contribution in [-0.2, 0) is 10.2 Å². The summed E-state index contributed by atoms with van der Waals surface area (Å²) in [5.41, 5.74) is 1.40. The Labute approximate surface area is 146 Å². The van der Waals surface area contributed by atoms with Gasteiger partial charge in [-0.2, -0.15) is 0 Å². The predicted molar refractivity (Wildman–Crippen MR) is 96.5 cm³/mol. The highest BCUT2D eigenvalue weighted by molar-refractivity contribution is 5.85. The first kappa shape index (κ1) is 19.8. The van der Waals surface area contributed by atoms with E-state index in [1.54, 1.807) is 0 Å². The Morgan fingerprint density at radius 3 is 2.52 bits per heavy atom. The molecular formula is C18H29ClN2O2. The van der Waals surface area contributed by atoms with E-state index in [0.717, 1.165) is 31.8 Å². The molecule has 1 unspecified atom stereocenters. The SMILES string of the molecule is CNCC1CCN(C(=O)COc2ccc(C(C)(C)C)cc2)C1.Cl. The number of hydrogen-bond acceptors (Lipinski definition) is 3. The number of carbonyl (C=O) groups is 1. The summed E-state index contributed by atoms with van der Waals surface area (Å²) < 4.78 is 5.64. The van der Waals surface area contributed by atoms with Gasteiger partial charge in [-0.3, -0.25) is 4.79 Å². The minimum Gasteiger partial charge on any atom is -0.484 e. The van der Waals surface area contributed by atoms with Crippen LogP contribution in [0.5, 0.6) is 5.75 Å². The van der Waals surface area contributed by atoms with Gasteiger partial charge in [-0.15, -0.1) is 12.4 Å². The van der Waals surface area contributed by atoms with E-state index in [2.05, 4.69) is 38.2 Å². The van der Waals surface area contributed by atoms with Gasteiger partial charge in [0.2, 0.25) is 0 Å². The van der Waals surface area contributed by atoms with Gasteiger partial charge in [0.05, 0.1) is 0 Å². The Bertz CT molecular complexity index is 497. The van der Waals surface area contributed by atoms with Crippen molar-refractivity contribution in [3.63, 3.8) is 0 Å². The largest absolute Gasteiger partial charge is 0.484 e. The van der Waals surface area contributed by atoms with E-state index in [9.17, 15) is 4.79 Å². The zero-order valence-electron chi connectivity index (χ0n) is 14.6. The third kappa shape index (κ3) is 5.70. The zero-order chi connectivity index (χ0) is 16.2. The zero-order valence-corrected chi connectivity index (χ0v) is 15.4. The molecule has 1 amide bonds. The lowest BCUT2D eigenvalue weighted by Crippen LogP contribution is -2.34. The molecule has 1 fully saturated rings. The van der Waals surface area contributed by atoms with Crippen molar-refractivity contribution in [2.75, 3.05) is 33.3 Å². The maximum atomic E-state index is 12.2. The first-order chi connectivity index (χ1) is 10.4. The fourth-order valence-corrected chi connectivity index (χ4v) is 2.80. The number of ether oxygens (including phenoxy) is 1. The molecule has 130 valence electrons. The summed E-state index contributed by atoms with van der Waals surface area (Å²) in [7, 11) is 1.95. The number of benzene rings is 1. The third-order valence-corrected chi connectivity index (χ3v) is 4.21. The third-order valence-electron chi connectivity index (χ3n) is 4.21. The van der Waals surface area contributed by atoms with Gasteiger partial charge in [0.15, 0.2) is 6.61 Å². The molecule has 0 bridgehead atoms. The van der Waals surface area contributed by atoms with Crippen molar-refractivity contribution in [2.45, 2.75) is 32.6 Å². The molecule has 0 aromatic heterocycles. The number of hydrogen-bond donors (Lipinski definition) is 1. The molecule has 0 spiro atoms. The van der Waals surface area contributed by atoms with Crippen LogP contribution in [0.3, 0.4) is 0 Å². The van der Waals surface area contributed by atoms with E-state index in [4.69, 9.17) is 4.74 Å². The monoisotopic (exact) mass is 340 g/mol. The molecule has 1 saturated heterocycles. The van der Waals surface area contributed by atoms with Crippen LogP contribution in [-0.4, -0.2) is 44.1 Å². The molecule has 5 heteroatoms. The molecule has 0 aliphatic carbocycles. The van der Waals surface area contributed by atoms with E-state index in [1.807, 2.05) is 24.1 Å². The fourth-order valence-electron chi connectivity index (χ4n) is 2.80. The smallest absolute Gasteiger partial charge is 0.260 e. The standard InChI is InChI=1S/C18H28N2O2.ClH/c1-18(2,3)15-5-7-16(8-6-15)22-13-17(21)20-10-9-14(12-20)11-19-4;/h5-8,14,19H,9-13H2,1-4H3;1H. The molecule has 1 aliphatic heterocycles. The number of halogens is 1. The minimum absolute atomic E-state index is 0. The highest BCUT2D eigenvalue weighted by Gasteiger charge is 2.25. The lowest BCUT2D eigenvalue weighted by Gasteiger charge is -2.20. The minimum atomic E-state index is 0. The molecule has 0 saturated carbocycles. The molecule has 1 N–H and O–H groups in total. The molecule has 23 heavy (non-hydrogen) atoms. The number of carbonyl (C=O) groups excluding carboxylic acids is 1. The number of nitrogens with zero attached hydrogens (tertiary/aromatic N) is 1. The van der Waals surface area contributed by atoms with Crippen LogP contribution < -0.4 is 10.1 Å². The highest BCUT2D eigenvalue weighted by Crippen LogP contribution is 2.24. The van der Waals surface area contributed by atoms with E-state index in [0.29, 0.717) is 5.92 Å².